The number of aryl methyl sites for hydroxylation is 1. The monoisotopic (exact) mass is 478 g/mol. The van der Waals surface area contributed by atoms with Crippen LogP contribution in [-0.4, -0.2) is 36.3 Å². The van der Waals surface area contributed by atoms with Gasteiger partial charge in [-0.25, -0.2) is 8.78 Å². The highest BCUT2D eigenvalue weighted by Gasteiger charge is 2.27. The van der Waals surface area contributed by atoms with Crippen molar-refractivity contribution in [3.63, 3.8) is 0 Å². The first kappa shape index (κ1) is 22.4. The minimum absolute atomic E-state index is 0.0178. The van der Waals surface area contributed by atoms with Crippen LogP contribution >= 0.6 is 15.9 Å². The number of nitrogens with zero attached hydrogens (tertiary/aromatic N) is 1. The van der Waals surface area contributed by atoms with Gasteiger partial charge in [-0.3, -0.25) is 9.59 Å². The molecule has 0 saturated carbocycles. The lowest BCUT2D eigenvalue weighted by atomic mass is 9.95. The van der Waals surface area contributed by atoms with Crippen LogP contribution in [0.2, 0.25) is 0 Å². The third-order valence-corrected chi connectivity index (χ3v) is 5.99. The first-order chi connectivity index (χ1) is 14.4. The smallest absolute Gasteiger partial charge is 0.223 e. The molecule has 0 aliphatic carbocycles. The number of likely N-dealkylation sites (tertiary alicyclic amines) is 1. The summed E-state index contributed by atoms with van der Waals surface area (Å²) in [4.78, 5) is 26.6. The first-order valence-electron chi connectivity index (χ1n) is 10.2. The number of nitrogens with one attached hydrogen (secondary N) is 1. The maximum atomic E-state index is 13.9. The summed E-state index contributed by atoms with van der Waals surface area (Å²) < 4.78 is 28.2. The fraction of sp³-hybridized carbons (Fsp3) is 0.391. The molecule has 0 atom stereocenters. The Morgan fingerprint density at radius 2 is 1.70 bits per heavy atom. The molecular formula is C23H25BrF2N2O2. The fourth-order valence-corrected chi connectivity index (χ4v) is 4.01. The Balaban J connectivity index is 1.38. The van der Waals surface area contributed by atoms with Crippen molar-refractivity contribution in [3.05, 3.63) is 69.7 Å². The molecule has 3 rings (SSSR count). The average molecular weight is 479 g/mol. The summed E-state index contributed by atoms with van der Waals surface area (Å²) in [6.45, 7) is 1.43. The minimum atomic E-state index is -0.317. The van der Waals surface area contributed by atoms with Gasteiger partial charge < -0.3 is 10.2 Å². The normalized spacial score (nSPS) is 14.6. The van der Waals surface area contributed by atoms with Crippen molar-refractivity contribution in [2.75, 3.05) is 19.6 Å². The Hall–Kier alpha value is -2.28. The van der Waals surface area contributed by atoms with Gasteiger partial charge in [0.05, 0.1) is 0 Å². The molecule has 1 fully saturated rings. The summed E-state index contributed by atoms with van der Waals surface area (Å²) in [6.07, 6.45) is 2.25. The maximum absolute atomic E-state index is 13.9. The molecule has 0 unspecified atom stereocenters. The summed E-state index contributed by atoms with van der Waals surface area (Å²) >= 11 is 3.22. The second-order valence-electron chi connectivity index (χ2n) is 7.52. The van der Waals surface area contributed by atoms with Crippen LogP contribution in [0.5, 0.6) is 0 Å². The van der Waals surface area contributed by atoms with E-state index in [1.54, 1.807) is 35.2 Å². The third-order valence-electron chi connectivity index (χ3n) is 5.49. The quantitative estimate of drug-likeness (QED) is 0.646. The Morgan fingerprint density at radius 3 is 2.40 bits per heavy atom. The molecule has 2 amide bonds. The van der Waals surface area contributed by atoms with Gasteiger partial charge in [0.25, 0.3) is 0 Å². The summed E-state index contributed by atoms with van der Waals surface area (Å²) in [6, 6.07) is 11.4. The number of halogens is 3. The van der Waals surface area contributed by atoms with Crippen molar-refractivity contribution in [2.45, 2.75) is 32.1 Å². The van der Waals surface area contributed by atoms with Crippen molar-refractivity contribution in [1.29, 1.82) is 0 Å². The van der Waals surface area contributed by atoms with E-state index in [2.05, 4.69) is 21.2 Å². The van der Waals surface area contributed by atoms with Gasteiger partial charge in [-0.1, -0.05) is 40.2 Å². The highest BCUT2D eigenvalue weighted by atomic mass is 79.9. The van der Waals surface area contributed by atoms with Crippen LogP contribution in [0.4, 0.5) is 8.78 Å². The molecule has 0 spiro atoms. The second-order valence-corrected chi connectivity index (χ2v) is 8.44. The van der Waals surface area contributed by atoms with E-state index in [4.69, 9.17) is 0 Å². The van der Waals surface area contributed by atoms with Gasteiger partial charge in [-0.2, -0.15) is 0 Å². The molecule has 7 heteroatoms. The Bertz CT molecular complexity index is 899. The molecule has 2 aromatic carbocycles. The highest BCUT2D eigenvalue weighted by molar-refractivity contribution is 9.10. The number of hydrogen-bond acceptors (Lipinski definition) is 2. The number of hydrogen-bond donors (Lipinski definition) is 1. The molecule has 4 nitrogen and oxygen atoms in total. The predicted octanol–water partition coefficient (Wildman–Crippen LogP) is 4.26. The van der Waals surface area contributed by atoms with Gasteiger partial charge in [0.15, 0.2) is 0 Å². The van der Waals surface area contributed by atoms with E-state index >= 15 is 0 Å². The Morgan fingerprint density at radius 1 is 1.00 bits per heavy atom. The van der Waals surface area contributed by atoms with Crippen LogP contribution in [0.3, 0.4) is 0 Å². The summed E-state index contributed by atoms with van der Waals surface area (Å²) in [7, 11) is 0. The van der Waals surface area contributed by atoms with Crippen LogP contribution in [0.15, 0.2) is 46.9 Å². The van der Waals surface area contributed by atoms with Crippen LogP contribution < -0.4 is 5.32 Å². The molecule has 1 N–H and O–H groups in total. The molecular weight excluding hydrogens is 454 g/mol. The molecule has 2 aromatic rings. The number of benzene rings is 2. The van der Waals surface area contributed by atoms with Crippen molar-refractivity contribution >= 4 is 27.7 Å². The molecule has 1 aliphatic heterocycles. The van der Waals surface area contributed by atoms with Crippen LogP contribution in [0.25, 0.3) is 0 Å². The summed E-state index contributed by atoms with van der Waals surface area (Å²) in [5.74, 6) is -0.783. The Labute approximate surface area is 183 Å². The first-order valence-corrected chi connectivity index (χ1v) is 11.0. The van der Waals surface area contributed by atoms with Gasteiger partial charge >= 0.3 is 0 Å². The zero-order valence-electron chi connectivity index (χ0n) is 16.7. The zero-order valence-corrected chi connectivity index (χ0v) is 18.3. The van der Waals surface area contributed by atoms with E-state index in [1.807, 2.05) is 0 Å². The topological polar surface area (TPSA) is 49.4 Å². The van der Waals surface area contributed by atoms with E-state index in [1.165, 1.54) is 12.1 Å². The fourth-order valence-electron chi connectivity index (χ4n) is 3.68. The molecule has 160 valence electrons. The maximum Gasteiger partial charge on any atom is 0.223 e. The highest BCUT2D eigenvalue weighted by Crippen LogP contribution is 2.20. The predicted molar refractivity (Wildman–Crippen MR) is 115 cm³/mol. The minimum Gasteiger partial charge on any atom is -0.356 e. The van der Waals surface area contributed by atoms with Gasteiger partial charge in [0, 0.05) is 36.4 Å². The van der Waals surface area contributed by atoms with Gasteiger partial charge in [-0.15, -0.1) is 0 Å². The van der Waals surface area contributed by atoms with Crippen molar-refractivity contribution in [3.8, 4) is 0 Å². The van der Waals surface area contributed by atoms with Crippen molar-refractivity contribution in [2.24, 2.45) is 5.92 Å². The molecule has 1 heterocycles. The number of amides is 2. The zero-order chi connectivity index (χ0) is 21.5. The summed E-state index contributed by atoms with van der Waals surface area (Å²) in [5, 5.41) is 2.88. The van der Waals surface area contributed by atoms with Gasteiger partial charge in [-0.05, 0) is 55.0 Å². The largest absolute Gasteiger partial charge is 0.356 e. The standard InChI is InChI=1S/C23H25BrF2N2O2/c24-19-7-5-17(21(26)15-19)6-8-22(29)28-13-10-18(11-14-28)23(30)27-12-9-16-3-1-2-4-20(16)25/h1-5,7,15,18H,6,8-14H2,(H,27,30). The SMILES string of the molecule is O=C(NCCc1ccccc1F)C1CCN(C(=O)CCc2ccc(Br)cc2F)CC1. The van der Waals surface area contributed by atoms with E-state index in [9.17, 15) is 18.4 Å². The average Bonchev–Trinajstić information content (AvgIpc) is 2.74. The van der Waals surface area contributed by atoms with E-state index in [0.29, 0.717) is 60.9 Å². The molecule has 0 bridgehead atoms. The van der Waals surface area contributed by atoms with Crippen LogP contribution in [0.1, 0.15) is 30.4 Å². The third kappa shape index (κ3) is 6.11. The molecule has 30 heavy (non-hydrogen) atoms. The number of rotatable bonds is 7. The summed E-state index contributed by atoms with van der Waals surface area (Å²) in [5.41, 5.74) is 1.11. The van der Waals surface area contributed by atoms with Crippen LogP contribution in [0, 0.1) is 17.6 Å². The molecule has 0 radical (unpaired) electrons. The van der Waals surface area contributed by atoms with E-state index in [-0.39, 0.29) is 35.8 Å². The lowest BCUT2D eigenvalue weighted by Gasteiger charge is -2.31. The van der Waals surface area contributed by atoms with E-state index < -0.39 is 0 Å². The van der Waals surface area contributed by atoms with Crippen LogP contribution in [-0.2, 0) is 22.4 Å². The van der Waals surface area contributed by atoms with Crippen molar-refractivity contribution < 1.29 is 18.4 Å². The Kier molecular flexibility index (Phi) is 7.96. The van der Waals surface area contributed by atoms with E-state index in [0.717, 1.165) is 0 Å². The second kappa shape index (κ2) is 10.7. The van der Waals surface area contributed by atoms with Crippen molar-refractivity contribution in [1.82, 2.24) is 10.2 Å². The molecule has 0 aromatic heterocycles. The lowest BCUT2D eigenvalue weighted by molar-refractivity contribution is -0.135. The number of carbonyl (C=O) groups is 2. The number of carbonyl (C=O) groups excluding carboxylic acids is 2. The van der Waals surface area contributed by atoms with Gasteiger partial charge in [0.2, 0.25) is 11.8 Å². The molecule has 1 aliphatic rings. The number of piperidine rings is 1. The molecule has 1 saturated heterocycles. The lowest BCUT2D eigenvalue weighted by Crippen LogP contribution is -2.43. The van der Waals surface area contributed by atoms with Gasteiger partial charge in [0.1, 0.15) is 11.6 Å².